The van der Waals surface area contributed by atoms with Crippen LogP contribution in [0.2, 0.25) is 0 Å². The standard InChI is InChI=1S/C3H4Cl3Si/c1-2(4)3(5,6)7/h2H,1H3. The molecule has 0 bridgehead atoms. The number of alkyl halides is 3. The molecule has 0 heterocycles. The van der Waals surface area contributed by atoms with Crippen LogP contribution in [0.15, 0.2) is 0 Å². The number of rotatable bonds is 1. The average Bonchev–Trinajstić information content (AvgIpc) is 1.31. The fraction of sp³-hybridized carbons (Fsp3) is 1.00. The summed E-state index contributed by atoms with van der Waals surface area (Å²) in [7, 11) is 2.99. The van der Waals surface area contributed by atoms with Gasteiger partial charge < -0.3 is 0 Å². The van der Waals surface area contributed by atoms with E-state index in [4.69, 9.17) is 34.8 Å². The van der Waals surface area contributed by atoms with Crippen LogP contribution < -0.4 is 0 Å². The SMILES string of the molecule is CC(Cl)C([Si])(Cl)Cl. The zero-order valence-corrected chi connectivity index (χ0v) is 6.98. The first-order chi connectivity index (χ1) is 2.94. The number of hydrogen-bond acceptors (Lipinski definition) is 0. The predicted molar refractivity (Wildman–Crippen MR) is 35.5 cm³/mol. The topological polar surface area (TPSA) is 0 Å². The van der Waals surface area contributed by atoms with E-state index in [1.165, 1.54) is 0 Å². The Hall–Kier alpha value is 1.09. The lowest BCUT2D eigenvalue weighted by molar-refractivity contribution is 0.983. The molecule has 0 spiro atoms. The maximum atomic E-state index is 5.44. The molecular formula is C3H4Cl3Si. The molecule has 0 aliphatic rings. The third kappa shape index (κ3) is 3.65. The van der Waals surface area contributed by atoms with E-state index in [-0.39, 0.29) is 5.38 Å². The van der Waals surface area contributed by atoms with Crippen molar-refractivity contribution in [3.8, 4) is 0 Å². The summed E-state index contributed by atoms with van der Waals surface area (Å²) in [5.74, 6) is 0. The van der Waals surface area contributed by atoms with Crippen molar-refractivity contribution in [1.82, 2.24) is 0 Å². The Morgan fingerprint density at radius 1 is 1.57 bits per heavy atom. The molecule has 7 heavy (non-hydrogen) atoms. The second kappa shape index (κ2) is 2.58. The van der Waals surface area contributed by atoms with Gasteiger partial charge in [-0.2, -0.15) is 0 Å². The van der Waals surface area contributed by atoms with Crippen molar-refractivity contribution in [3.63, 3.8) is 0 Å². The molecule has 0 aromatic rings. The normalized spacial score (nSPS) is 16.7. The Morgan fingerprint density at radius 2 is 1.71 bits per heavy atom. The Bertz CT molecular complexity index is 55.7. The van der Waals surface area contributed by atoms with Crippen molar-refractivity contribution in [2.45, 2.75) is 16.3 Å². The highest BCUT2D eigenvalue weighted by molar-refractivity contribution is 6.67. The molecule has 41 valence electrons. The van der Waals surface area contributed by atoms with E-state index in [1.807, 2.05) is 0 Å². The van der Waals surface area contributed by atoms with Crippen LogP contribution in [0.3, 0.4) is 0 Å². The van der Waals surface area contributed by atoms with Crippen LogP contribution in [0.25, 0.3) is 0 Å². The second-order valence-electron chi connectivity index (χ2n) is 1.24. The van der Waals surface area contributed by atoms with E-state index < -0.39 is 3.96 Å². The molecule has 0 aliphatic heterocycles. The minimum atomic E-state index is -0.985. The van der Waals surface area contributed by atoms with Gasteiger partial charge in [0.2, 0.25) is 0 Å². The predicted octanol–water partition coefficient (Wildman–Crippen LogP) is 1.91. The molecule has 0 aromatic carbocycles. The Morgan fingerprint density at radius 3 is 1.71 bits per heavy atom. The molecule has 0 amide bonds. The van der Waals surface area contributed by atoms with E-state index in [1.54, 1.807) is 6.92 Å². The third-order valence-corrected chi connectivity index (χ3v) is 2.32. The van der Waals surface area contributed by atoms with Gasteiger partial charge in [0.15, 0.2) is 0 Å². The van der Waals surface area contributed by atoms with Crippen LogP contribution in [0.1, 0.15) is 6.92 Å². The zero-order valence-electron chi connectivity index (χ0n) is 3.71. The fourth-order valence-electron chi connectivity index (χ4n) is 0. The lowest BCUT2D eigenvalue weighted by Gasteiger charge is -2.14. The second-order valence-corrected chi connectivity index (χ2v) is 4.70. The van der Waals surface area contributed by atoms with Crippen molar-refractivity contribution >= 4 is 45.0 Å². The summed E-state index contributed by atoms with van der Waals surface area (Å²) < 4.78 is -0.985. The minimum Gasteiger partial charge on any atom is -0.120 e. The number of halogens is 3. The van der Waals surface area contributed by atoms with Crippen LogP contribution in [0.5, 0.6) is 0 Å². The first-order valence-electron chi connectivity index (χ1n) is 1.71. The molecule has 0 fully saturated rings. The van der Waals surface area contributed by atoms with E-state index in [0.29, 0.717) is 0 Å². The van der Waals surface area contributed by atoms with Gasteiger partial charge in [-0.1, -0.05) is 0 Å². The summed E-state index contributed by atoms with van der Waals surface area (Å²) in [5.41, 5.74) is 0. The van der Waals surface area contributed by atoms with Gasteiger partial charge in [0.25, 0.3) is 0 Å². The first-order valence-corrected chi connectivity index (χ1v) is 3.40. The lowest BCUT2D eigenvalue weighted by atomic mass is 10.5. The summed E-state index contributed by atoms with van der Waals surface area (Å²) in [4.78, 5) is 0. The first kappa shape index (κ1) is 8.09. The third-order valence-electron chi connectivity index (χ3n) is 0.500. The summed E-state index contributed by atoms with van der Waals surface area (Å²) in [6.07, 6.45) is 0. The van der Waals surface area contributed by atoms with Crippen molar-refractivity contribution in [1.29, 1.82) is 0 Å². The minimum absolute atomic E-state index is 0.285. The van der Waals surface area contributed by atoms with E-state index in [2.05, 4.69) is 10.2 Å². The molecule has 3 radical (unpaired) electrons. The van der Waals surface area contributed by atoms with Crippen molar-refractivity contribution in [2.24, 2.45) is 0 Å². The summed E-state index contributed by atoms with van der Waals surface area (Å²) in [5, 5.41) is -0.285. The van der Waals surface area contributed by atoms with E-state index >= 15 is 0 Å². The van der Waals surface area contributed by atoms with Gasteiger partial charge in [0.05, 0.1) is 15.6 Å². The highest BCUT2D eigenvalue weighted by Gasteiger charge is 2.22. The molecule has 1 unspecified atom stereocenters. The fourth-order valence-corrected chi connectivity index (χ4v) is 0. The highest BCUT2D eigenvalue weighted by Crippen LogP contribution is 2.24. The Balaban J connectivity index is 3.54. The van der Waals surface area contributed by atoms with Crippen LogP contribution in [0.4, 0.5) is 0 Å². The average molecular weight is 175 g/mol. The van der Waals surface area contributed by atoms with Gasteiger partial charge in [-0.3, -0.25) is 0 Å². The lowest BCUT2D eigenvalue weighted by Crippen LogP contribution is -2.23. The highest BCUT2D eigenvalue weighted by atomic mass is 35.5. The van der Waals surface area contributed by atoms with E-state index in [0.717, 1.165) is 0 Å². The van der Waals surface area contributed by atoms with Crippen LogP contribution >= 0.6 is 34.8 Å². The quantitative estimate of drug-likeness (QED) is 0.421. The van der Waals surface area contributed by atoms with E-state index in [9.17, 15) is 0 Å². The zero-order chi connectivity index (χ0) is 6.08. The molecule has 0 saturated carbocycles. The molecular weight excluding hydrogens is 170 g/mol. The molecule has 0 aliphatic carbocycles. The number of hydrogen-bond donors (Lipinski definition) is 0. The Kier molecular flexibility index (Phi) is 2.98. The molecule has 0 N–H and O–H groups in total. The van der Waals surface area contributed by atoms with Gasteiger partial charge >= 0.3 is 0 Å². The summed E-state index contributed by atoms with van der Waals surface area (Å²) in [6, 6.07) is 0. The molecule has 4 heteroatoms. The van der Waals surface area contributed by atoms with Crippen molar-refractivity contribution < 1.29 is 0 Å². The van der Waals surface area contributed by atoms with Crippen LogP contribution in [0, 0.1) is 0 Å². The van der Waals surface area contributed by atoms with Crippen molar-refractivity contribution in [2.75, 3.05) is 0 Å². The molecule has 0 saturated heterocycles. The van der Waals surface area contributed by atoms with Gasteiger partial charge in [0.1, 0.15) is 3.96 Å². The van der Waals surface area contributed by atoms with Gasteiger partial charge in [0, 0.05) is 0 Å². The van der Waals surface area contributed by atoms with Crippen LogP contribution in [-0.2, 0) is 0 Å². The van der Waals surface area contributed by atoms with Crippen LogP contribution in [-0.4, -0.2) is 19.6 Å². The summed E-state index contributed by atoms with van der Waals surface area (Å²) >= 11 is 16.3. The van der Waals surface area contributed by atoms with Gasteiger partial charge in [-0.25, -0.2) is 0 Å². The van der Waals surface area contributed by atoms with Gasteiger partial charge in [-0.05, 0) is 6.92 Å². The van der Waals surface area contributed by atoms with Gasteiger partial charge in [-0.15, -0.1) is 34.8 Å². The molecule has 0 rings (SSSR count). The van der Waals surface area contributed by atoms with Crippen molar-refractivity contribution in [3.05, 3.63) is 0 Å². The smallest absolute Gasteiger partial charge is 0.115 e. The Labute approximate surface area is 61.5 Å². The molecule has 0 aromatic heterocycles. The molecule has 0 nitrogen and oxygen atoms in total. The largest absolute Gasteiger partial charge is 0.120 e. The molecule has 1 atom stereocenters. The monoisotopic (exact) mass is 173 g/mol. The summed E-state index contributed by atoms with van der Waals surface area (Å²) in [6.45, 7) is 1.70. The maximum Gasteiger partial charge on any atom is 0.115 e. The maximum absolute atomic E-state index is 5.44.